The third-order valence-corrected chi connectivity index (χ3v) is 2.56. The van der Waals surface area contributed by atoms with Gasteiger partial charge in [-0.1, -0.05) is 0 Å². The van der Waals surface area contributed by atoms with E-state index < -0.39 is 0 Å². The van der Waals surface area contributed by atoms with Crippen LogP contribution in [0.25, 0.3) is 0 Å². The number of ketones is 1. The van der Waals surface area contributed by atoms with Crippen LogP contribution < -0.4 is 0 Å². The van der Waals surface area contributed by atoms with E-state index in [1.807, 2.05) is 23.8 Å². The van der Waals surface area contributed by atoms with Gasteiger partial charge in [0.1, 0.15) is 6.10 Å². The van der Waals surface area contributed by atoms with Gasteiger partial charge in [-0.25, -0.2) is 0 Å². The molecule has 1 unspecified atom stereocenters. The quantitative estimate of drug-likeness (QED) is 0.725. The Hall–Kier alpha value is -0.670. The second-order valence-electron chi connectivity index (χ2n) is 2.87. The van der Waals surface area contributed by atoms with Crippen LogP contribution in [-0.2, 0) is 16.0 Å². The molecule has 0 bridgehead atoms. The van der Waals surface area contributed by atoms with E-state index in [1.54, 1.807) is 18.3 Å². The maximum absolute atomic E-state index is 11.5. The Balaban J connectivity index is 2.41. The zero-order valence-corrected chi connectivity index (χ0v) is 8.76. The van der Waals surface area contributed by atoms with Gasteiger partial charge < -0.3 is 4.74 Å². The van der Waals surface area contributed by atoms with Crippen LogP contribution in [0.3, 0.4) is 0 Å². The molecule has 0 aliphatic heterocycles. The van der Waals surface area contributed by atoms with Crippen LogP contribution in [0.2, 0.25) is 0 Å². The van der Waals surface area contributed by atoms with Crippen molar-refractivity contribution in [3.05, 3.63) is 22.4 Å². The molecule has 1 rings (SSSR count). The van der Waals surface area contributed by atoms with Crippen molar-refractivity contribution >= 4 is 17.1 Å². The summed E-state index contributed by atoms with van der Waals surface area (Å²) in [4.78, 5) is 11.5. The van der Waals surface area contributed by atoms with Gasteiger partial charge in [0.2, 0.25) is 0 Å². The average Bonchev–Trinajstić information content (AvgIpc) is 2.57. The molecule has 0 radical (unpaired) electrons. The highest BCUT2D eigenvalue weighted by atomic mass is 32.1. The van der Waals surface area contributed by atoms with Gasteiger partial charge in [0.15, 0.2) is 5.78 Å². The summed E-state index contributed by atoms with van der Waals surface area (Å²) < 4.78 is 5.21. The average molecular weight is 198 g/mol. The van der Waals surface area contributed by atoms with Crippen molar-refractivity contribution in [1.82, 2.24) is 0 Å². The molecule has 0 spiro atoms. The van der Waals surface area contributed by atoms with Gasteiger partial charge >= 0.3 is 0 Å². The molecule has 0 saturated carbocycles. The maximum Gasteiger partial charge on any atom is 0.165 e. The van der Waals surface area contributed by atoms with Crippen LogP contribution in [0.15, 0.2) is 16.8 Å². The fraction of sp³-hybridized carbons (Fsp3) is 0.500. The van der Waals surface area contributed by atoms with Crippen LogP contribution in [0, 0.1) is 0 Å². The minimum absolute atomic E-state index is 0.153. The molecule has 0 saturated heterocycles. The molecule has 0 aliphatic rings. The second kappa shape index (κ2) is 5.14. The van der Waals surface area contributed by atoms with Crippen molar-refractivity contribution in [2.75, 3.05) is 6.61 Å². The topological polar surface area (TPSA) is 26.3 Å². The minimum atomic E-state index is -0.273. The number of hydrogen-bond donors (Lipinski definition) is 0. The van der Waals surface area contributed by atoms with Crippen molar-refractivity contribution in [3.8, 4) is 0 Å². The number of carbonyl (C=O) groups is 1. The minimum Gasteiger partial charge on any atom is -0.371 e. The Morgan fingerprint density at radius 1 is 1.69 bits per heavy atom. The summed E-state index contributed by atoms with van der Waals surface area (Å²) in [5.74, 6) is 0.153. The molecule has 13 heavy (non-hydrogen) atoms. The molecule has 1 aromatic heterocycles. The SMILES string of the molecule is CCOC(C)C(=O)Cc1ccsc1. The molecule has 1 aromatic rings. The van der Waals surface area contributed by atoms with E-state index in [2.05, 4.69) is 0 Å². The van der Waals surface area contributed by atoms with Gasteiger partial charge in [0.25, 0.3) is 0 Å². The van der Waals surface area contributed by atoms with Crippen molar-refractivity contribution in [1.29, 1.82) is 0 Å². The fourth-order valence-corrected chi connectivity index (χ4v) is 1.75. The van der Waals surface area contributed by atoms with Crippen LogP contribution in [0.4, 0.5) is 0 Å². The Bertz CT molecular complexity index is 254. The zero-order valence-electron chi connectivity index (χ0n) is 7.95. The van der Waals surface area contributed by atoms with Crippen molar-refractivity contribution in [2.24, 2.45) is 0 Å². The summed E-state index contributed by atoms with van der Waals surface area (Å²) in [5, 5.41) is 3.98. The Morgan fingerprint density at radius 2 is 2.46 bits per heavy atom. The first-order valence-corrected chi connectivity index (χ1v) is 5.33. The van der Waals surface area contributed by atoms with Gasteiger partial charge in [-0.3, -0.25) is 4.79 Å². The van der Waals surface area contributed by atoms with E-state index in [9.17, 15) is 4.79 Å². The molecular formula is C10H14O2S. The summed E-state index contributed by atoms with van der Waals surface area (Å²) in [6.45, 7) is 4.29. The number of rotatable bonds is 5. The number of ether oxygens (including phenoxy) is 1. The molecule has 0 amide bonds. The molecule has 0 fully saturated rings. The predicted octanol–water partition coefficient (Wildman–Crippen LogP) is 2.28. The molecule has 72 valence electrons. The fourth-order valence-electron chi connectivity index (χ4n) is 1.08. The second-order valence-corrected chi connectivity index (χ2v) is 3.65. The highest BCUT2D eigenvalue weighted by Gasteiger charge is 2.12. The Labute approximate surface area is 82.5 Å². The molecule has 1 atom stereocenters. The molecule has 0 aliphatic carbocycles. The lowest BCUT2D eigenvalue weighted by Gasteiger charge is -2.08. The molecule has 0 N–H and O–H groups in total. The highest BCUT2D eigenvalue weighted by molar-refractivity contribution is 7.07. The lowest BCUT2D eigenvalue weighted by Crippen LogP contribution is -2.22. The zero-order chi connectivity index (χ0) is 9.68. The summed E-state index contributed by atoms with van der Waals surface area (Å²) >= 11 is 1.61. The standard InChI is InChI=1S/C10H14O2S/c1-3-12-8(2)10(11)6-9-4-5-13-7-9/h4-5,7-8H,3,6H2,1-2H3. The molecular weight excluding hydrogens is 184 g/mol. The summed E-state index contributed by atoms with van der Waals surface area (Å²) in [5.41, 5.74) is 1.08. The molecule has 2 nitrogen and oxygen atoms in total. The normalized spacial score (nSPS) is 12.8. The smallest absolute Gasteiger partial charge is 0.165 e. The third-order valence-electron chi connectivity index (χ3n) is 1.83. The molecule has 3 heteroatoms. The Morgan fingerprint density at radius 3 is 3.00 bits per heavy atom. The number of carbonyl (C=O) groups excluding carboxylic acids is 1. The summed E-state index contributed by atoms with van der Waals surface area (Å²) in [7, 11) is 0. The highest BCUT2D eigenvalue weighted by Crippen LogP contribution is 2.08. The van der Waals surface area contributed by atoms with E-state index >= 15 is 0 Å². The van der Waals surface area contributed by atoms with Gasteiger partial charge in [-0.05, 0) is 36.2 Å². The first-order valence-electron chi connectivity index (χ1n) is 4.39. The number of hydrogen-bond acceptors (Lipinski definition) is 3. The van der Waals surface area contributed by atoms with E-state index in [4.69, 9.17) is 4.74 Å². The molecule has 1 heterocycles. The van der Waals surface area contributed by atoms with Gasteiger partial charge in [0, 0.05) is 13.0 Å². The third kappa shape index (κ3) is 3.28. The van der Waals surface area contributed by atoms with Crippen LogP contribution in [0.1, 0.15) is 19.4 Å². The first kappa shape index (κ1) is 10.4. The van der Waals surface area contributed by atoms with E-state index in [0.29, 0.717) is 13.0 Å². The largest absolute Gasteiger partial charge is 0.371 e. The van der Waals surface area contributed by atoms with Crippen LogP contribution in [-0.4, -0.2) is 18.5 Å². The monoisotopic (exact) mass is 198 g/mol. The lowest BCUT2D eigenvalue weighted by molar-refractivity contribution is -0.128. The van der Waals surface area contributed by atoms with Crippen molar-refractivity contribution < 1.29 is 9.53 Å². The number of thiophene rings is 1. The van der Waals surface area contributed by atoms with Crippen LogP contribution >= 0.6 is 11.3 Å². The summed E-state index contributed by atoms with van der Waals surface area (Å²) in [6.07, 6.45) is 0.217. The van der Waals surface area contributed by atoms with E-state index in [-0.39, 0.29) is 11.9 Å². The molecule has 0 aromatic carbocycles. The van der Waals surface area contributed by atoms with Crippen molar-refractivity contribution in [3.63, 3.8) is 0 Å². The predicted molar refractivity (Wildman–Crippen MR) is 54.1 cm³/mol. The number of Topliss-reactive ketones (excluding diaryl/α,β-unsaturated/α-hetero) is 1. The first-order chi connectivity index (χ1) is 6.24. The maximum atomic E-state index is 11.5. The Kier molecular flexibility index (Phi) is 4.12. The van der Waals surface area contributed by atoms with Crippen LogP contribution in [0.5, 0.6) is 0 Å². The van der Waals surface area contributed by atoms with Gasteiger partial charge in [-0.15, -0.1) is 0 Å². The van der Waals surface area contributed by atoms with E-state index in [0.717, 1.165) is 5.56 Å². The summed E-state index contributed by atoms with van der Waals surface area (Å²) in [6, 6.07) is 1.97. The van der Waals surface area contributed by atoms with Crippen molar-refractivity contribution in [2.45, 2.75) is 26.4 Å². The lowest BCUT2D eigenvalue weighted by atomic mass is 10.1. The van der Waals surface area contributed by atoms with Gasteiger partial charge in [0.05, 0.1) is 0 Å². The van der Waals surface area contributed by atoms with E-state index in [1.165, 1.54) is 0 Å². The van der Waals surface area contributed by atoms with Gasteiger partial charge in [-0.2, -0.15) is 11.3 Å².